The van der Waals surface area contributed by atoms with Crippen LogP contribution in [0.5, 0.6) is 5.75 Å². The van der Waals surface area contributed by atoms with Gasteiger partial charge in [-0.25, -0.2) is 10.4 Å². The van der Waals surface area contributed by atoms with Crippen LogP contribution < -0.4 is 16.1 Å². The van der Waals surface area contributed by atoms with E-state index in [1.807, 2.05) is 48.5 Å². The maximum absolute atomic E-state index is 6.56. The molecule has 0 spiro atoms. The Hall–Kier alpha value is -2.08. The van der Waals surface area contributed by atoms with Gasteiger partial charge in [0.25, 0.3) is 0 Å². The van der Waals surface area contributed by atoms with Gasteiger partial charge in [-0.3, -0.25) is 0 Å². The number of quaternary nitrogens is 1. The molecule has 0 atom stereocenters. The minimum absolute atomic E-state index is 0.385. The third kappa shape index (κ3) is 4.85. The Morgan fingerprint density at radius 1 is 0.786 bits per heavy atom. The van der Waals surface area contributed by atoms with Crippen molar-refractivity contribution in [2.75, 3.05) is 7.11 Å². The molecule has 0 fully saturated rings. The van der Waals surface area contributed by atoms with Crippen LogP contribution in [0.2, 0.25) is 10.0 Å². The maximum atomic E-state index is 6.56. The molecule has 3 rings (SSSR count). The van der Waals surface area contributed by atoms with Crippen LogP contribution in [0.15, 0.2) is 72.8 Å². The molecule has 0 bridgehead atoms. The van der Waals surface area contributed by atoms with E-state index in [9.17, 15) is 0 Å². The highest BCUT2D eigenvalue weighted by Crippen LogP contribution is 2.36. The Balaban J connectivity index is 1.98. The number of benzene rings is 3. The highest BCUT2D eigenvalue weighted by molar-refractivity contribution is 6.43. The summed E-state index contributed by atoms with van der Waals surface area (Å²) in [7, 11) is 1.57. The number of hydrogen-bond donors (Lipinski definition) is 2. The number of rotatable bonds is 8. The average molecular weight is 417 g/mol. The molecule has 3 N–H and O–H groups in total. The highest BCUT2D eigenvalue weighted by atomic mass is 35.5. The number of hydrogen-bond acceptors (Lipinski definition) is 3. The van der Waals surface area contributed by atoms with Crippen molar-refractivity contribution in [1.82, 2.24) is 5.53 Å². The Bertz CT molecular complexity index is 863. The van der Waals surface area contributed by atoms with Crippen LogP contribution in [0, 0.1) is 0 Å². The van der Waals surface area contributed by atoms with Gasteiger partial charge in [-0.15, -0.1) is 5.53 Å². The van der Waals surface area contributed by atoms with Gasteiger partial charge >= 0.3 is 0 Å². The number of nitrogens with zero attached hydrogens (tertiary/aromatic N) is 1. The van der Waals surface area contributed by atoms with Crippen molar-refractivity contribution >= 4 is 23.2 Å². The van der Waals surface area contributed by atoms with Crippen LogP contribution in [0.3, 0.4) is 0 Å². The fraction of sp³-hybridized carbons (Fsp3) is 0.182. The van der Waals surface area contributed by atoms with E-state index in [0.29, 0.717) is 40.0 Å². The van der Waals surface area contributed by atoms with Crippen molar-refractivity contribution in [3.05, 3.63) is 99.5 Å². The highest BCUT2D eigenvalue weighted by Gasteiger charge is 2.30. The van der Waals surface area contributed by atoms with Gasteiger partial charge < -0.3 is 4.74 Å². The van der Waals surface area contributed by atoms with E-state index in [-0.39, 0.29) is 0 Å². The molecule has 4 nitrogen and oxygen atoms in total. The summed E-state index contributed by atoms with van der Waals surface area (Å²) in [6, 6.07) is 24.3. The second-order valence-electron chi connectivity index (χ2n) is 6.77. The molecule has 0 aliphatic carbocycles. The standard InChI is InChI=1S/C22H24Cl2N3O/c1-28-20-13-12-19(21(23)22(20)24)16-27(26-25,14-17-8-4-2-5-9-17)15-18-10-6-3-7-11-18/h2-13,26H,14-16,25H2,1H3/q+1. The Morgan fingerprint density at radius 3 is 1.79 bits per heavy atom. The molecule has 0 saturated heterocycles. The number of methoxy groups -OCH3 is 1. The first-order valence-electron chi connectivity index (χ1n) is 8.99. The fourth-order valence-electron chi connectivity index (χ4n) is 3.35. The molecule has 3 aromatic rings. The van der Waals surface area contributed by atoms with E-state index in [1.54, 1.807) is 7.11 Å². The zero-order valence-electron chi connectivity index (χ0n) is 15.7. The smallest absolute Gasteiger partial charge is 0.139 e. The first kappa shape index (κ1) is 20.6. The molecule has 0 unspecified atom stereocenters. The summed E-state index contributed by atoms with van der Waals surface area (Å²) < 4.78 is 5.65. The summed E-state index contributed by atoms with van der Waals surface area (Å²) in [6.07, 6.45) is 0. The van der Waals surface area contributed by atoms with Crippen molar-refractivity contribution in [2.24, 2.45) is 5.84 Å². The third-order valence-electron chi connectivity index (χ3n) is 4.75. The third-order valence-corrected chi connectivity index (χ3v) is 5.65. The first-order valence-corrected chi connectivity index (χ1v) is 9.75. The van der Waals surface area contributed by atoms with Gasteiger partial charge in [-0.2, -0.15) is 0 Å². The van der Waals surface area contributed by atoms with Gasteiger partial charge in [0.15, 0.2) is 0 Å². The van der Waals surface area contributed by atoms with Gasteiger partial charge in [0.05, 0.1) is 12.1 Å². The van der Waals surface area contributed by atoms with E-state index < -0.39 is 0 Å². The minimum atomic E-state index is 0.385. The summed E-state index contributed by atoms with van der Waals surface area (Å²) in [5.41, 5.74) is 6.29. The SMILES string of the molecule is COc1ccc(C[N+](Cc2ccccc2)(Cc2ccccc2)NN)c(Cl)c1Cl. The number of nitrogens with two attached hydrogens (primary N) is 1. The second kappa shape index (κ2) is 9.41. The van der Waals surface area contributed by atoms with Gasteiger partial charge in [0, 0.05) is 16.7 Å². The number of ether oxygens (including phenoxy) is 1. The number of halogens is 2. The Kier molecular flexibility index (Phi) is 6.94. The van der Waals surface area contributed by atoms with Crippen molar-refractivity contribution in [1.29, 1.82) is 0 Å². The Labute approximate surface area is 176 Å². The van der Waals surface area contributed by atoms with E-state index in [4.69, 9.17) is 33.8 Å². The quantitative estimate of drug-likeness (QED) is 0.305. The van der Waals surface area contributed by atoms with Crippen LogP contribution in [-0.4, -0.2) is 11.7 Å². The fourth-order valence-corrected chi connectivity index (χ4v) is 3.83. The minimum Gasteiger partial charge on any atom is -0.495 e. The van der Waals surface area contributed by atoms with Crippen LogP contribution in [-0.2, 0) is 19.6 Å². The predicted molar refractivity (Wildman–Crippen MR) is 115 cm³/mol. The van der Waals surface area contributed by atoms with Crippen molar-refractivity contribution in [3.63, 3.8) is 0 Å². The van der Waals surface area contributed by atoms with Gasteiger partial charge in [0.2, 0.25) is 0 Å². The maximum Gasteiger partial charge on any atom is 0.139 e. The molecule has 0 aliphatic heterocycles. The topological polar surface area (TPSA) is 47.3 Å². The molecule has 0 radical (unpaired) electrons. The molecule has 0 saturated carbocycles. The van der Waals surface area contributed by atoms with Crippen LogP contribution >= 0.6 is 23.2 Å². The van der Waals surface area contributed by atoms with Gasteiger partial charge in [-0.1, -0.05) is 83.9 Å². The lowest BCUT2D eigenvalue weighted by molar-refractivity contribution is -1.01. The number of nitrogens with one attached hydrogen (secondary N) is 1. The summed E-state index contributed by atoms with van der Waals surface area (Å²) in [6.45, 7) is 1.93. The summed E-state index contributed by atoms with van der Waals surface area (Å²) in [4.78, 5) is 0. The Morgan fingerprint density at radius 2 is 1.32 bits per heavy atom. The van der Waals surface area contributed by atoms with E-state index >= 15 is 0 Å². The zero-order valence-corrected chi connectivity index (χ0v) is 17.3. The van der Waals surface area contributed by atoms with Crippen LogP contribution in [0.1, 0.15) is 16.7 Å². The second-order valence-corrected chi connectivity index (χ2v) is 7.53. The molecular formula is C22H24Cl2N3O+. The lowest BCUT2D eigenvalue weighted by Gasteiger charge is -2.37. The van der Waals surface area contributed by atoms with Crippen LogP contribution in [0.25, 0.3) is 0 Å². The first-order chi connectivity index (χ1) is 13.6. The summed E-state index contributed by atoms with van der Waals surface area (Å²) in [5, 5.41) is 0.899. The molecule has 0 aromatic heterocycles. The van der Waals surface area contributed by atoms with E-state index in [1.165, 1.54) is 11.1 Å². The average Bonchev–Trinajstić information content (AvgIpc) is 2.73. The summed E-state index contributed by atoms with van der Waals surface area (Å²) in [5.74, 6) is 6.67. The molecule has 146 valence electrons. The van der Waals surface area contributed by atoms with E-state index in [0.717, 1.165) is 5.56 Å². The monoisotopic (exact) mass is 416 g/mol. The largest absolute Gasteiger partial charge is 0.495 e. The van der Waals surface area contributed by atoms with Crippen LogP contribution in [0.4, 0.5) is 0 Å². The normalized spacial score (nSPS) is 11.4. The predicted octanol–water partition coefficient (Wildman–Crippen LogP) is 5.10. The van der Waals surface area contributed by atoms with Crippen molar-refractivity contribution in [2.45, 2.75) is 19.6 Å². The van der Waals surface area contributed by atoms with Crippen molar-refractivity contribution < 1.29 is 9.33 Å². The molecule has 0 amide bonds. The number of hydrazine groups is 1. The summed E-state index contributed by atoms with van der Waals surface area (Å²) >= 11 is 12.9. The molecule has 28 heavy (non-hydrogen) atoms. The molecular weight excluding hydrogens is 393 g/mol. The lowest BCUT2D eigenvalue weighted by Crippen LogP contribution is -2.59. The molecule has 3 aromatic carbocycles. The van der Waals surface area contributed by atoms with Gasteiger partial charge in [0.1, 0.15) is 30.4 Å². The van der Waals surface area contributed by atoms with Gasteiger partial charge in [-0.05, 0) is 12.1 Å². The lowest BCUT2D eigenvalue weighted by atomic mass is 10.1. The molecule has 0 aliphatic rings. The molecule has 6 heteroatoms. The van der Waals surface area contributed by atoms with Crippen molar-refractivity contribution in [3.8, 4) is 5.75 Å². The zero-order chi connectivity index (χ0) is 20.0. The van der Waals surface area contributed by atoms with E-state index in [2.05, 4.69) is 29.8 Å². The molecule has 0 heterocycles.